The van der Waals surface area contributed by atoms with Crippen molar-refractivity contribution < 1.29 is 0 Å². The van der Waals surface area contributed by atoms with Crippen LogP contribution in [0.1, 0.15) is 34.8 Å². The molecule has 3 heteroatoms. The Morgan fingerprint density at radius 2 is 1.70 bits per heavy atom. The van der Waals surface area contributed by atoms with Crippen molar-refractivity contribution in [1.82, 2.24) is 9.47 Å². The number of hydrogen-bond acceptors (Lipinski definition) is 2. The van der Waals surface area contributed by atoms with Crippen molar-refractivity contribution in [2.45, 2.75) is 32.5 Å². The predicted molar refractivity (Wildman–Crippen MR) is 113 cm³/mol. The highest BCUT2D eigenvalue weighted by Crippen LogP contribution is 2.34. The van der Waals surface area contributed by atoms with Gasteiger partial charge in [0.05, 0.1) is 6.04 Å². The number of fused-ring (bicyclic) bond motifs is 1. The van der Waals surface area contributed by atoms with Crippen LogP contribution < -0.4 is 4.90 Å². The number of nitrogens with zero attached hydrogens (tertiary/aromatic N) is 3. The molecule has 3 nitrogen and oxygen atoms in total. The highest BCUT2D eigenvalue weighted by molar-refractivity contribution is 5.46. The normalized spacial score (nSPS) is 17.4. The lowest BCUT2D eigenvalue weighted by Gasteiger charge is -2.31. The van der Waals surface area contributed by atoms with Gasteiger partial charge < -0.3 is 9.47 Å². The largest absolute Gasteiger partial charge is 0.378 e. The minimum atomic E-state index is 0.303. The third-order valence-electron chi connectivity index (χ3n) is 5.68. The molecule has 2 aromatic carbocycles. The van der Waals surface area contributed by atoms with Gasteiger partial charge in [-0.25, -0.2) is 0 Å². The molecule has 2 heterocycles. The Kier molecular flexibility index (Phi) is 5.04. The van der Waals surface area contributed by atoms with E-state index in [1.807, 2.05) is 0 Å². The maximum Gasteiger partial charge on any atom is 0.0761 e. The topological polar surface area (TPSA) is 11.4 Å². The van der Waals surface area contributed by atoms with Gasteiger partial charge in [0.15, 0.2) is 0 Å². The molecule has 0 bridgehead atoms. The fourth-order valence-corrected chi connectivity index (χ4v) is 4.19. The number of hydrogen-bond donors (Lipinski definition) is 0. The Bertz CT molecular complexity index is 892. The molecular formula is C24H29N3. The second kappa shape index (κ2) is 7.61. The Morgan fingerprint density at radius 1 is 0.926 bits per heavy atom. The van der Waals surface area contributed by atoms with Gasteiger partial charge >= 0.3 is 0 Å². The van der Waals surface area contributed by atoms with Crippen LogP contribution in [0.2, 0.25) is 0 Å². The fraction of sp³-hybridized carbons (Fsp3) is 0.333. The molecule has 3 aromatic rings. The third-order valence-corrected chi connectivity index (χ3v) is 5.68. The van der Waals surface area contributed by atoms with Gasteiger partial charge in [0.2, 0.25) is 0 Å². The van der Waals surface area contributed by atoms with Crippen molar-refractivity contribution >= 4 is 5.69 Å². The zero-order chi connectivity index (χ0) is 18.8. The second-order valence-electron chi connectivity index (χ2n) is 7.77. The molecule has 1 aliphatic heterocycles. The summed E-state index contributed by atoms with van der Waals surface area (Å²) in [5, 5.41) is 0. The smallest absolute Gasteiger partial charge is 0.0761 e. The molecule has 1 atom stereocenters. The summed E-state index contributed by atoms with van der Waals surface area (Å²) < 4.78 is 2.44. The minimum absolute atomic E-state index is 0.303. The van der Waals surface area contributed by atoms with Crippen LogP contribution in [0.4, 0.5) is 5.69 Å². The molecule has 0 spiro atoms. The molecule has 0 aliphatic carbocycles. The third kappa shape index (κ3) is 3.65. The quantitative estimate of drug-likeness (QED) is 0.659. The molecule has 4 rings (SSSR count). The van der Waals surface area contributed by atoms with Gasteiger partial charge in [-0.15, -0.1) is 0 Å². The van der Waals surface area contributed by atoms with Gasteiger partial charge in [-0.2, -0.15) is 0 Å². The van der Waals surface area contributed by atoms with E-state index in [1.54, 1.807) is 0 Å². The number of aryl methyl sites for hydroxylation is 2. The van der Waals surface area contributed by atoms with Crippen LogP contribution in [0.15, 0.2) is 66.9 Å². The van der Waals surface area contributed by atoms with Crippen LogP contribution in [0.25, 0.3) is 0 Å². The highest BCUT2D eigenvalue weighted by atomic mass is 15.2. The standard InChI is InChI=1S/C24H29N3/c1-19-8-4-5-9-22(19)24-23-10-6-15-26(23)16-7-17-27(24)18-20-11-13-21(14-12-20)25(2)3/h4-6,8-15,24H,7,16-18H2,1-3H3. The molecule has 0 saturated carbocycles. The Labute approximate surface area is 162 Å². The lowest BCUT2D eigenvalue weighted by molar-refractivity contribution is 0.220. The minimum Gasteiger partial charge on any atom is -0.378 e. The van der Waals surface area contributed by atoms with Gasteiger partial charge in [-0.05, 0) is 54.3 Å². The molecule has 0 radical (unpaired) electrons. The van der Waals surface area contributed by atoms with E-state index >= 15 is 0 Å². The Morgan fingerprint density at radius 3 is 2.44 bits per heavy atom. The Balaban J connectivity index is 1.70. The summed E-state index contributed by atoms with van der Waals surface area (Å²) in [5.74, 6) is 0. The van der Waals surface area contributed by atoms with E-state index in [4.69, 9.17) is 0 Å². The molecule has 27 heavy (non-hydrogen) atoms. The van der Waals surface area contributed by atoms with Gasteiger partial charge in [0, 0.05) is 51.3 Å². The molecule has 140 valence electrons. The van der Waals surface area contributed by atoms with Gasteiger partial charge in [-0.3, -0.25) is 4.90 Å². The van der Waals surface area contributed by atoms with Crippen LogP contribution in [0, 0.1) is 6.92 Å². The number of benzene rings is 2. The molecule has 1 aromatic heterocycles. The van der Waals surface area contributed by atoms with E-state index in [0.717, 1.165) is 19.6 Å². The number of aromatic nitrogens is 1. The summed E-state index contributed by atoms with van der Waals surface area (Å²) >= 11 is 0. The van der Waals surface area contributed by atoms with Crippen molar-refractivity contribution in [3.05, 3.63) is 89.2 Å². The first kappa shape index (κ1) is 17.9. The first-order valence-corrected chi connectivity index (χ1v) is 9.84. The highest BCUT2D eigenvalue weighted by Gasteiger charge is 2.28. The van der Waals surface area contributed by atoms with Crippen molar-refractivity contribution in [3.8, 4) is 0 Å². The summed E-state index contributed by atoms with van der Waals surface area (Å²) in [6, 6.07) is 22.6. The van der Waals surface area contributed by atoms with Gasteiger partial charge in [-0.1, -0.05) is 36.4 Å². The van der Waals surface area contributed by atoms with E-state index in [9.17, 15) is 0 Å². The summed E-state index contributed by atoms with van der Waals surface area (Å²) in [6.07, 6.45) is 3.41. The first-order valence-electron chi connectivity index (χ1n) is 9.84. The summed E-state index contributed by atoms with van der Waals surface area (Å²) in [5.41, 5.74) is 6.82. The molecule has 0 fully saturated rings. The van der Waals surface area contributed by atoms with Crippen LogP contribution >= 0.6 is 0 Å². The SMILES string of the molecule is Cc1ccccc1C1c2cccn2CCCN1Cc1ccc(N(C)C)cc1. The molecular weight excluding hydrogens is 330 g/mol. The van der Waals surface area contributed by atoms with E-state index in [1.165, 1.54) is 34.5 Å². The van der Waals surface area contributed by atoms with Crippen molar-refractivity contribution in [3.63, 3.8) is 0 Å². The van der Waals surface area contributed by atoms with Crippen LogP contribution in [-0.2, 0) is 13.1 Å². The molecule has 0 saturated heterocycles. The van der Waals surface area contributed by atoms with E-state index in [0.29, 0.717) is 6.04 Å². The Hall–Kier alpha value is -2.52. The van der Waals surface area contributed by atoms with Crippen LogP contribution in [-0.4, -0.2) is 30.1 Å². The molecule has 0 N–H and O–H groups in total. The summed E-state index contributed by atoms with van der Waals surface area (Å²) in [4.78, 5) is 4.80. The number of anilines is 1. The maximum atomic E-state index is 2.64. The summed E-state index contributed by atoms with van der Waals surface area (Å²) in [6.45, 7) is 5.41. The summed E-state index contributed by atoms with van der Waals surface area (Å²) in [7, 11) is 4.18. The van der Waals surface area contributed by atoms with Crippen molar-refractivity contribution in [2.75, 3.05) is 25.5 Å². The van der Waals surface area contributed by atoms with Crippen molar-refractivity contribution in [1.29, 1.82) is 0 Å². The molecule has 1 unspecified atom stereocenters. The predicted octanol–water partition coefficient (Wildman–Crippen LogP) is 4.86. The lowest BCUT2D eigenvalue weighted by Crippen LogP contribution is -2.30. The lowest BCUT2D eigenvalue weighted by atomic mass is 9.96. The molecule has 0 amide bonds. The zero-order valence-electron chi connectivity index (χ0n) is 16.6. The van der Waals surface area contributed by atoms with E-state index in [-0.39, 0.29) is 0 Å². The van der Waals surface area contributed by atoms with E-state index in [2.05, 4.69) is 102 Å². The van der Waals surface area contributed by atoms with Gasteiger partial charge in [0.1, 0.15) is 0 Å². The van der Waals surface area contributed by atoms with Gasteiger partial charge in [0.25, 0.3) is 0 Å². The maximum absolute atomic E-state index is 2.64. The van der Waals surface area contributed by atoms with E-state index < -0.39 is 0 Å². The van der Waals surface area contributed by atoms with Crippen LogP contribution in [0.3, 0.4) is 0 Å². The monoisotopic (exact) mass is 359 g/mol. The average Bonchev–Trinajstić information content (AvgIpc) is 3.05. The molecule has 1 aliphatic rings. The van der Waals surface area contributed by atoms with Crippen molar-refractivity contribution in [2.24, 2.45) is 0 Å². The number of rotatable bonds is 4. The zero-order valence-corrected chi connectivity index (χ0v) is 16.6. The average molecular weight is 360 g/mol. The second-order valence-corrected chi connectivity index (χ2v) is 7.77. The fourth-order valence-electron chi connectivity index (χ4n) is 4.19. The first-order chi connectivity index (χ1) is 13.1. The van der Waals surface area contributed by atoms with Crippen LogP contribution in [0.5, 0.6) is 0 Å².